The average Bonchev–Trinajstić information content (AvgIpc) is 2.32. The molecule has 0 amide bonds. The predicted molar refractivity (Wildman–Crippen MR) is 75.6 cm³/mol. The van der Waals surface area contributed by atoms with Crippen LogP contribution in [0.2, 0.25) is 5.15 Å². The van der Waals surface area contributed by atoms with Gasteiger partial charge in [0.05, 0.1) is 0 Å². The minimum atomic E-state index is -3.57. The molecule has 19 heavy (non-hydrogen) atoms. The maximum Gasteiger partial charge on any atom is 0.243 e. The number of nitrogens with zero attached hydrogens (tertiary/aromatic N) is 1. The van der Waals surface area contributed by atoms with Gasteiger partial charge in [0.1, 0.15) is 10.0 Å². The van der Waals surface area contributed by atoms with Crippen LogP contribution in [0, 0.1) is 5.41 Å². The van der Waals surface area contributed by atoms with Gasteiger partial charge in [-0.1, -0.05) is 25.4 Å². The maximum absolute atomic E-state index is 12.2. The Labute approximate surface area is 119 Å². The molecular weight excluding hydrogens is 284 g/mol. The minimum Gasteiger partial charge on any atom is -0.243 e. The van der Waals surface area contributed by atoms with Crippen molar-refractivity contribution < 1.29 is 8.42 Å². The topological polar surface area (TPSA) is 59.1 Å². The van der Waals surface area contributed by atoms with Gasteiger partial charge in [-0.2, -0.15) is 0 Å². The third-order valence-corrected chi connectivity index (χ3v) is 5.64. The zero-order chi connectivity index (χ0) is 14.1. The molecule has 0 aromatic carbocycles. The van der Waals surface area contributed by atoms with E-state index in [-0.39, 0.29) is 16.1 Å². The highest BCUT2D eigenvalue weighted by Gasteiger charge is 2.30. The second kappa shape index (κ2) is 5.38. The van der Waals surface area contributed by atoms with Gasteiger partial charge in [-0.3, -0.25) is 0 Å². The summed E-state index contributed by atoms with van der Waals surface area (Å²) in [5, 5.41) is 0.0196. The lowest BCUT2D eigenvalue weighted by Gasteiger charge is -2.34. The summed E-state index contributed by atoms with van der Waals surface area (Å²) in [6.45, 7) is 4.44. The highest BCUT2D eigenvalue weighted by atomic mass is 35.5. The molecule has 1 N–H and O–H groups in total. The third-order valence-electron chi connectivity index (χ3n) is 3.68. The van der Waals surface area contributed by atoms with Gasteiger partial charge in [-0.05, 0) is 43.2 Å². The van der Waals surface area contributed by atoms with E-state index in [1.807, 2.05) is 0 Å². The third kappa shape index (κ3) is 3.68. The van der Waals surface area contributed by atoms with E-state index in [4.69, 9.17) is 11.6 Å². The molecule has 1 aromatic rings. The number of hydrogen-bond donors (Lipinski definition) is 1. The van der Waals surface area contributed by atoms with Crippen LogP contribution in [0.5, 0.6) is 0 Å². The van der Waals surface area contributed by atoms with Gasteiger partial charge >= 0.3 is 0 Å². The lowest BCUT2D eigenvalue weighted by Crippen LogP contribution is -2.39. The van der Waals surface area contributed by atoms with Gasteiger partial charge in [-0.15, -0.1) is 0 Å². The Kier molecular flexibility index (Phi) is 4.18. The number of sulfonamides is 1. The van der Waals surface area contributed by atoms with E-state index in [1.54, 1.807) is 6.07 Å². The SMILES string of the molecule is CC1(C)CCC(NS(=O)(=O)c2cccnc2Cl)CC1. The fourth-order valence-corrected chi connectivity index (χ4v) is 4.13. The Morgan fingerprint density at radius 2 is 2.00 bits per heavy atom. The molecule has 2 rings (SSSR count). The molecule has 4 nitrogen and oxygen atoms in total. The monoisotopic (exact) mass is 302 g/mol. The van der Waals surface area contributed by atoms with E-state index in [1.165, 1.54) is 12.3 Å². The van der Waals surface area contributed by atoms with Gasteiger partial charge in [0, 0.05) is 12.2 Å². The van der Waals surface area contributed by atoms with Crippen molar-refractivity contribution in [2.75, 3.05) is 0 Å². The molecule has 6 heteroatoms. The first kappa shape index (κ1) is 14.8. The van der Waals surface area contributed by atoms with Crippen LogP contribution < -0.4 is 4.72 Å². The summed E-state index contributed by atoms with van der Waals surface area (Å²) < 4.78 is 27.2. The summed E-state index contributed by atoms with van der Waals surface area (Å²) in [4.78, 5) is 3.86. The van der Waals surface area contributed by atoms with Crippen LogP contribution in [0.1, 0.15) is 39.5 Å². The molecule has 1 aliphatic rings. The Bertz CT molecular complexity index is 548. The highest BCUT2D eigenvalue weighted by Crippen LogP contribution is 2.35. The molecular formula is C13H19ClN2O2S. The van der Waals surface area contributed by atoms with E-state index in [9.17, 15) is 8.42 Å². The maximum atomic E-state index is 12.2. The molecule has 0 spiro atoms. The largest absolute Gasteiger partial charge is 0.243 e. The van der Waals surface area contributed by atoms with Crippen LogP contribution in [-0.4, -0.2) is 19.4 Å². The summed E-state index contributed by atoms with van der Waals surface area (Å²) >= 11 is 5.84. The number of pyridine rings is 1. The quantitative estimate of drug-likeness (QED) is 0.873. The zero-order valence-electron chi connectivity index (χ0n) is 11.2. The van der Waals surface area contributed by atoms with E-state index in [0.29, 0.717) is 5.41 Å². The Morgan fingerprint density at radius 3 is 2.58 bits per heavy atom. The molecule has 0 radical (unpaired) electrons. The van der Waals surface area contributed by atoms with Crippen LogP contribution in [-0.2, 0) is 10.0 Å². The average molecular weight is 303 g/mol. The van der Waals surface area contributed by atoms with Gasteiger partial charge in [-0.25, -0.2) is 18.1 Å². The Hall–Kier alpha value is -0.650. The van der Waals surface area contributed by atoms with Gasteiger partial charge in [0.2, 0.25) is 10.0 Å². The molecule has 0 atom stereocenters. The molecule has 0 unspecified atom stereocenters. The van der Waals surface area contributed by atoms with Crippen molar-refractivity contribution in [2.45, 2.75) is 50.5 Å². The van der Waals surface area contributed by atoms with E-state index in [0.717, 1.165) is 25.7 Å². The second-order valence-corrected chi connectivity index (χ2v) is 7.89. The number of halogens is 1. The smallest absolute Gasteiger partial charge is 0.243 e. The minimum absolute atomic E-state index is 0.00528. The number of nitrogens with one attached hydrogen (secondary N) is 1. The Morgan fingerprint density at radius 1 is 1.37 bits per heavy atom. The van der Waals surface area contributed by atoms with E-state index < -0.39 is 10.0 Å². The summed E-state index contributed by atoms with van der Waals surface area (Å²) in [6.07, 6.45) is 5.26. The predicted octanol–water partition coefficient (Wildman–Crippen LogP) is 2.98. The van der Waals surface area contributed by atoms with Crippen molar-refractivity contribution in [1.29, 1.82) is 0 Å². The van der Waals surface area contributed by atoms with Crippen molar-refractivity contribution in [3.8, 4) is 0 Å². The molecule has 1 saturated carbocycles. The summed E-state index contributed by atoms with van der Waals surface area (Å²) in [5.41, 5.74) is 0.313. The first-order chi connectivity index (χ1) is 8.80. The van der Waals surface area contributed by atoms with E-state index >= 15 is 0 Å². The Balaban J connectivity index is 2.09. The molecule has 0 bridgehead atoms. The molecule has 1 fully saturated rings. The first-order valence-corrected chi connectivity index (χ1v) is 8.29. The summed E-state index contributed by atoms with van der Waals surface area (Å²) in [6, 6.07) is 3.05. The van der Waals surface area contributed by atoms with Gasteiger partial charge in [0.25, 0.3) is 0 Å². The van der Waals surface area contributed by atoms with Crippen LogP contribution >= 0.6 is 11.6 Å². The molecule has 0 saturated heterocycles. The lowest BCUT2D eigenvalue weighted by molar-refractivity contribution is 0.218. The van der Waals surface area contributed by atoms with Crippen LogP contribution in [0.3, 0.4) is 0 Å². The lowest BCUT2D eigenvalue weighted by atomic mass is 9.76. The molecule has 1 heterocycles. The van der Waals surface area contributed by atoms with Crippen LogP contribution in [0.4, 0.5) is 0 Å². The number of rotatable bonds is 3. The van der Waals surface area contributed by atoms with Crippen molar-refractivity contribution in [1.82, 2.24) is 9.71 Å². The van der Waals surface area contributed by atoms with Gasteiger partial charge < -0.3 is 0 Å². The van der Waals surface area contributed by atoms with Gasteiger partial charge in [0.15, 0.2) is 0 Å². The van der Waals surface area contributed by atoms with Crippen molar-refractivity contribution >= 4 is 21.6 Å². The van der Waals surface area contributed by atoms with Crippen molar-refractivity contribution in [3.05, 3.63) is 23.5 Å². The summed E-state index contributed by atoms with van der Waals surface area (Å²) in [7, 11) is -3.57. The second-order valence-electron chi connectivity index (χ2n) is 5.85. The fourth-order valence-electron chi connectivity index (χ4n) is 2.37. The van der Waals surface area contributed by atoms with E-state index in [2.05, 4.69) is 23.6 Å². The fraction of sp³-hybridized carbons (Fsp3) is 0.615. The standard InChI is InChI=1S/C13H19ClN2O2S/c1-13(2)7-5-10(6-8-13)16-19(17,18)11-4-3-9-15-12(11)14/h3-4,9-10,16H,5-8H2,1-2H3. The summed E-state index contributed by atoms with van der Waals surface area (Å²) in [5.74, 6) is 0. The number of aromatic nitrogens is 1. The molecule has 106 valence electrons. The molecule has 1 aliphatic carbocycles. The highest BCUT2D eigenvalue weighted by molar-refractivity contribution is 7.89. The molecule has 0 aliphatic heterocycles. The molecule has 1 aromatic heterocycles. The zero-order valence-corrected chi connectivity index (χ0v) is 12.8. The number of hydrogen-bond acceptors (Lipinski definition) is 3. The van der Waals surface area contributed by atoms with Crippen molar-refractivity contribution in [2.24, 2.45) is 5.41 Å². The normalized spacial score (nSPS) is 20.4. The van der Waals surface area contributed by atoms with Crippen molar-refractivity contribution in [3.63, 3.8) is 0 Å². The van der Waals surface area contributed by atoms with Crippen LogP contribution in [0.25, 0.3) is 0 Å². The first-order valence-electron chi connectivity index (χ1n) is 6.43. The van der Waals surface area contributed by atoms with Crippen LogP contribution in [0.15, 0.2) is 23.2 Å².